The van der Waals surface area contributed by atoms with E-state index in [1.165, 1.54) is 12.3 Å². The molecule has 0 bridgehead atoms. The van der Waals surface area contributed by atoms with E-state index in [1.54, 1.807) is 12.1 Å². The number of esters is 1. The number of furan rings is 1. The van der Waals surface area contributed by atoms with Crippen LogP contribution >= 0.6 is 0 Å². The summed E-state index contributed by atoms with van der Waals surface area (Å²) in [6, 6.07) is 8.57. The first-order valence-corrected chi connectivity index (χ1v) is 7.31. The molecular formula is C17H18N2O5. The average molecular weight is 330 g/mol. The van der Waals surface area contributed by atoms with Gasteiger partial charge in [0, 0.05) is 5.69 Å². The number of amides is 2. The van der Waals surface area contributed by atoms with Gasteiger partial charge in [0.2, 0.25) is 0 Å². The van der Waals surface area contributed by atoms with Crippen molar-refractivity contribution in [1.29, 1.82) is 0 Å². The van der Waals surface area contributed by atoms with Crippen molar-refractivity contribution in [2.75, 3.05) is 18.5 Å². The number of nitrogens with one attached hydrogen (secondary N) is 2. The molecule has 7 nitrogen and oxygen atoms in total. The monoisotopic (exact) mass is 330 g/mol. The van der Waals surface area contributed by atoms with E-state index >= 15 is 0 Å². The van der Waals surface area contributed by atoms with Gasteiger partial charge >= 0.3 is 5.97 Å². The van der Waals surface area contributed by atoms with Gasteiger partial charge < -0.3 is 19.8 Å². The van der Waals surface area contributed by atoms with Crippen molar-refractivity contribution in [3.63, 3.8) is 0 Å². The summed E-state index contributed by atoms with van der Waals surface area (Å²) in [5.74, 6) is -1.60. The lowest BCUT2D eigenvalue weighted by Crippen LogP contribution is -2.32. The summed E-state index contributed by atoms with van der Waals surface area (Å²) in [7, 11) is 0. The third-order valence-corrected chi connectivity index (χ3v) is 3.38. The highest BCUT2D eigenvalue weighted by molar-refractivity contribution is 5.95. The number of hydrogen-bond donors (Lipinski definition) is 2. The number of aryl methyl sites for hydroxylation is 1. The molecule has 2 rings (SSSR count). The van der Waals surface area contributed by atoms with Gasteiger partial charge in [-0.15, -0.1) is 0 Å². The van der Waals surface area contributed by atoms with Crippen LogP contribution in [0.3, 0.4) is 0 Å². The molecule has 24 heavy (non-hydrogen) atoms. The molecule has 0 fully saturated rings. The maximum absolute atomic E-state index is 11.8. The van der Waals surface area contributed by atoms with Crippen LogP contribution < -0.4 is 10.6 Å². The molecule has 2 N–H and O–H groups in total. The molecular weight excluding hydrogens is 312 g/mol. The number of anilines is 1. The molecule has 2 aromatic rings. The lowest BCUT2D eigenvalue weighted by atomic mass is 10.1. The molecule has 126 valence electrons. The van der Waals surface area contributed by atoms with Gasteiger partial charge in [0.05, 0.1) is 6.26 Å². The van der Waals surface area contributed by atoms with Crippen LogP contribution in [-0.2, 0) is 14.3 Å². The Balaban J connectivity index is 1.74. The fourth-order valence-corrected chi connectivity index (χ4v) is 1.92. The predicted molar refractivity (Wildman–Crippen MR) is 86.5 cm³/mol. The van der Waals surface area contributed by atoms with Crippen molar-refractivity contribution in [1.82, 2.24) is 5.32 Å². The van der Waals surface area contributed by atoms with Crippen LogP contribution in [0.2, 0.25) is 0 Å². The van der Waals surface area contributed by atoms with Gasteiger partial charge in [-0.3, -0.25) is 14.4 Å². The Morgan fingerprint density at radius 3 is 2.62 bits per heavy atom. The zero-order chi connectivity index (χ0) is 17.5. The van der Waals surface area contributed by atoms with E-state index in [4.69, 9.17) is 9.15 Å². The van der Waals surface area contributed by atoms with Gasteiger partial charge in [-0.25, -0.2) is 0 Å². The molecule has 1 aromatic heterocycles. The van der Waals surface area contributed by atoms with Crippen molar-refractivity contribution in [3.05, 3.63) is 53.5 Å². The maximum atomic E-state index is 11.8. The number of carbonyl (C=O) groups excluding carboxylic acids is 3. The fourth-order valence-electron chi connectivity index (χ4n) is 1.92. The largest absolute Gasteiger partial charge is 0.459 e. The first kappa shape index (κ1) is 17.3. The summed E-state index contributed by atoms with van der Waals surface area (Å²) in [4.78, 5) is 34.9. The van der Waals surface area contributed by atoms with Crippen LogP contribution in [0, 0.1) is 13.8 Å². The van der Waals surface area contributed by atoms with Crippen LogP contribution in [0.25, 0.3) is 0 Å². The number of rotatable bonds is 6. The Morgan fingerprint density at radius 2 is 1.92 bits per heavy atom. The molecule has 0 atom stereocenters. The summed E-state index contributed by atoms with van der Waals surface area (Å²) in [6.07, 6.45) is 1.35. The van der Waals surface area contributed by atoms with Crippen LogP contribution in [0.15, 0.2) is 41.0 Å². The minimum absolute atomic E-state index is 0.0930. The van der Waals surface area contributed by atoms with Crippen molar-refractivity contribution in [3.8, 4) is 0 Å². The first-order chi connectivity index (χ1) is 11.5. The van der Waals surface area contributed by atoms with E-state index in [0.29, 0.717) is 5.69 Å². The normalized spacial score (nSPS) is 10.1. The van der Waals surface area contributed by atoms with E-state index in [9.17, 15) is 14.4 Å². The summed E-state index contributed by atoms with van der Waals surface area (Å²) in [5, 5.41) is 5.01. The first-order valence-electron chi connectivity index (χ1n) is 7.31. The van der Waals surface area contributed by atoms with Gasteiger partial charge in [0.25, 0.3) is 11.8 Å². The third kappa shape index (κ3) is 4.70. The van der Waals surface area contributed by atoms with Crippen molar-refractivity contribution in [2.24, 2.45) is 0 Å². The van der Waals surface area contributed by atoms with Gasteiger partial charge in [-0.1, -0.05) is 12.1 Å². The molecule has 0 aliphatic carbocycles. The van der Waals surface area contributed by atoms with Crippen LogP contribution in [-0.4, -0.2) is 30.9 Å². The van der Waals surface area contributed by atoms with Crippen molar-refractivity contribution >= 4 is 23.5 Å². The zero-order valence-corrected chi connectivity index (χ0v) is 13.4. The summed E-state index contributed by atoms with van der Waals surface area (Å²) in [5.41, 5.74) is 2.66. The molecule has 1 heterocycles. The van der Waals surface area contributed by atoms with E-state index in [1.807, 2.05) is 26.0 Å². The summed E-state index contributed by atoms with van der Waals surface area (Å²) in [6.45, 7) is 3.05. The van der Waals surface area contributed by atoms with Gasteiger partial charge in [-0.05, 0) is 43.2 Å². The van der Waals surface area contributed by atoms with E-state index in [-0.39, 0.29) is 12.3 Å². The smallest absolute Gasteiger partial charge is 0.325 e. The number of ether oxygens (including phenoxy) is 1. The van der Waals surface area contributed by atoms with Crippen LogP contribution in [0.5, 0.6) is 0 Å². The molecule has 0 spiro atoms. The van der Waals surface area contributed by atoms with E-state index in [2.05, 4.69) is 10.6 Å². The van der Waals surface area contributed by atoms with Gasteiger partial charge in [-0.2, -0.15) is 0 Å². The van der Waals surface area contributed by atoms with E-state index < -0.39 is 24.4 Å². The standard InChI is InChI=1S/C17H18N2O5/c1-11-5-3-6-13(12(11)2)19-15(20)10-24-16(21)9-18-17(22)14-7-4-8-23-14/h3-8H,9-10H2,1-2H3,(H,18,22)(H,19,20). The molecule has 0 radical (unpaired) electrons. The molecule has 7 heteroatoms. The molecule has 1 aromatic carbocycles. The third-order valence-electron chi connectivity index (χ3n) is 3.38. The highest BCUT2D eigenvalue weighted by Crippen LogP contribution is 2.17. The molecule has 0 aliphatic rings. The Morgan fingerprint density at radius 1 is 1.12 bits per heavy atom. The second-order valence-corrected chi connectivity index (χ2v) is 5.12. The summed E-state index contributed by atoms with van der Waals surface area (Å²) < 4.78 is 9.70. The topological polar surface area (TPSA) is 97.6 Å². The highest BCUT2D eigenvalue weighted by Gasteiger charge is 2.13. The van der Waals surface area contributed by atoms with Crippen molar-refractivity contribution in [2.45, 2.75) is 13.8 Å². The predicted octanol–water partition coefficient (Wildman–Crippen LogP) is 1.81. The second-order valence-electron chi connectivity index (χ2n) is 5.12. The van der Waals surface area contributed by atoms with Crippen LogP contribution in [0.4, 0.5) is 5.69 Å². The fraction of sp³-hybridized carbons (Fsp3) is 0.235. The SMILES string of the molecule is Cc1cccc(NC(=O)COC(=O)CNC(=O)c2ccco2)c1C. The minimum Gasteiger partial charge on any atom is -0.459 e. The minimum atomic E-state index is -0.717. The lowest BCUT2D eigenvalue weighted by molar-refractivity contribution is -0.146. The molecule has 2 amide bonds. The molecule has 0 aliphatic heterocycles. The van der Waals surface area contributed by atoms with Gasteiger partial charge in [0.1, 0.15) is 6.54 Å². The second kappa shape index (κ2) is 7.96. The Bertz CT molecular complexity index is 737. The molecule has 0 saturated carbocycles. The summed E-state index contributed by atoms with van der Waals surface area (Å²) >= 11 is 0. The zero-order valence-electron chi connectivity index (χ0n) is 13.4. The number of hydrogen-bond acceptors (Lipinski definition) is 5. The highest BCUT2D eigenvalue weighted by atomic mass is 16.5. The lowest BCUT2D eigenvalue weighted by Gasteiger charge is -2.10. The van der Waals surface area contributed by atoms with Crippen LogP contribution in [0.1, 0.15) is 21.7 Å². The van der Waals surface area contributed by atoms with E-state index in [0.717, 1.165) is 11.1 Å². The molecule has 0 unspecified atom stereocenters. The number of benzene rings is 1. The quantitative estimate of drug-likeness (QED) is 0.787. The molecule has 0 saturated heterocycles. The Hall–Kier alpha value is -3.09. The Kier molecular flexibility index (Phi) is 5.73. The van der Waals surface area contributed by atoms with Crippen molar-refractivity contribution < 1.29 is 23.5 Å². The Labute approximate surface area is 139 Å². The number of carbonyl (C=O) groups is 3. The van der Waals surface area contributed by atoms with Gasteiger partial charge in [0.15, 0.2) is 12.4 Å². The average Bonchev–Trinajstić information content (AvgIpc) is 3.09. The maximum Gasteiger partial charge on any atom is 0.325 e.